The molecule has 1 heterocycles. The van der Waals surface area contributed by atoms with Crippen molar-refractivity contribution in [1.82, 2.24) is 10.2 Å². The lowest BCUT2D eigenvalue weighted by Crippen LogP contribution is -2.50. The van der Waals surface area contributed by atoms with E-state index < -0.39 is 29.0 Å². The van der Waals surface area contributed by atoms with Crippen LogP contribution in [-0.2, 0) is 16.0 Å². The fourth-order valence-corrected chi connectivity index (χ4v) is 2.68. The highest BCUT2D eigenvalue weighted by Crippen LogP contribution is 2.25. The monoisotopic (exact) mass is 359 g/mol. The SMILES string of the molecule is O=C(NCCc1ccc([N+](=O)[O-])cc1)C1CCCN1C(=O)C(F)(F)F. The van der Waals surface area contributed by atoms with Crippen LogP contribution in [-0.4, -0.2) is 46.9 Å². The van der Waals surface area contributed by atoms with E-state index in [4.69, 9.17) is 0 Å². The van der Waals surface area contributed by atoms with Crippen molar-refractivity contribution in [2.24, 2.45) is 0 Å². The van der Waals surface area contributed by atoms with Crippen LogP contribution >= 0.6 is 0 Å². The van der Waals surface area contributed by atoms with E-state index in [0.717, 1.165) is 5.56 Å². The van der Waals surface area contributed by atoms with Crippen molar-refractivity contribution in [3.8, 4) is 0 Å². The van der Waals surface area contributed by atoms with E-state index >= 15 is 0 Å². The highest BCUT2D eigenvalue weighted by Gasteiger charge is 2.47. The predicted molar refractivity (Wildman–Crippen MR) is 80.6 cm³/mol. The summed E-state index contributed by atoms with van der Waals surface area (Å²) < 4.78 is 37.6. The summed E-state index contributed by atoms with van der Waals surface area (Å²) in [5.41, 5.74) is 0.681. The number of nitrogens with zero attached hydrogens (tertiary/aromatic N) is 2. The van der Waals surface area contributed by atoms with Gasteiger partial charge in [-0.15, -0.1) is 0 Å². The molecule has 0 aliphatic carbocycles. The Kier molecular flexibility index (Phi) is 5.60. The van der Waals surface area contributed by atoms with E-state index in [-0.39, 0.29) is 25.2 Å². The smallest absolute Gasteiger partial charge is 0.354 e. The van der Waals surface area contributed by atoms with Gasteiger partial charge >= 0.3 is 12.1 Å². The third-order valence-electron chi connectivity index (χ3n) is 3.92. The van der Waals surface area contributed by atoms with Crippen molar-refractivity contribution in [3.05, 3.63) is 39.9 Å². The number of likely N-dealkylation sites (tertiary alicyclic amines) is 1. The number of nitro groups is 1. The molecule has 0 spiro atoms. The van der Waals surface area contributed by atoms with Crippen molar-refractivity contribution in [3.63, 3.8) is 0 Å². The lowest BCUT2D eigenvalue weighted by Gasteiger charge is -2.24. The van der Waals surface area contributed by atoms with Crippen LogP contribution in [0.4, 0.5) is 18.9 Å². The molecule has 1 aromatic rings. The molecule has 1 aliphatic rings. The lowest BCUT2D eigenvalue weighted by molar-refractivity contribution is -0.384. The first-order valence-electron chi connectivity index (χ1n) is 7.59. The zero-order valence-electron chi connectivity index (χ0n) is 13.1. The fourth-order valence-electron chi connectivity index (χ4n) is 2.68. The molecule has 7 nitrogen and oxygen atoms in total. The predicted octanol–water partition coefficient (Wildman–Crippen LogP) is 1.81. The van der Waals surface area contributed by atoms with Crippen molar-refractivity contribution < 1.29 is 27.7 Å². The van der Waals surface area contributed by atoms with Crippen LogP contribution < -0.4 is 5.32 Å². The van der Waals surface area contributed by atoms with Crippen LogP contribution in [0.2, 0.25) is 0 Å². The molecule has 1 aromatic carbocycles. The molecule has 1 aliphatic heterocycles. The summed E-state index contributed by atoms with van der Waals surface area (Å²) in [6.45, 7) is 0.0555. The summed E-state index contributed by atoms with van der Waals surface area (Å²) >= 11 is 0. The first kappa shape index (κ1) is 18.7. The maximum absolute atomic E-state index is 12.5. The Morgan fingerprint density at radius 2 is 1.92 bits per heavy atom. The van der Waals surface area contributed by atoms with Gasteiger partial charge in [0.15, 0.2) is 0 Å². The number of nitro benzene ring substituents is 1. The molecule has 0 bridgehead atoms. The van der Waals surface area contributed by atoms with Crippen molar-refractivity contribution >= 4 is 17.5 Å². The van der Waals surface area contributed by atoms with Gasteiger partial charge in [-0.25, -0.2) is 0 Å². The number of halogens is 3. The number of carbonyl (C=O) groups is 2. The molecule has 1 atom stereocenters. The average molecular weight is 359 g/mol. The van der Waals surface area contributed by atoms with E-state index in [9.17, 15) is 32.9 Å². The molecular weight excluding hydrogens is 343 g/mol. The summed E-state index contributed by atoms with van der Waals surface area (Å²) in [4.78, 5) is 34.0. The number of nitrogens with one attached hydrogen (secondary N) is 1. The van der Waals surface area contributed by atoms with Gasteiger partial charge in [-0.1, -0.05) is 12.1 Å². The summed E-state index contributed by atoms with van der Waals surface area (Å²) in [7, 11) is 0. The number of hydrogen-bond acceptors (Lipinski definition) is 4. The maximum Gasteiger partial charge on any atom is 0.471 e. The van der Waals surface area contributed by atoms with Crippen LogP contribution in [0.15, 0.2) is 24.3 Å². The zero-order valence-corrected chi connectivity index (χ0v) is 13.1. The van der Waals surface area contributed by atoms with Crippen LogP contribution in [0, 0.1) is 10.1 Å². The molecular formula is C15H16F3N3O4. The number of non-ortho nitro benzene ring substituents is 1. The molecule has 2 amide bonds. The van der Waals surface area contributed by atoms with Gasteiger partial charge in [0, 0.05) is 25.2 Å². The Bertz CT molecular complexity index is 661. The molecule has 0 aromatic heterocycles. The Balaban J connectivity index is 1.87. The second-order valence-corrected chi connectivity index (χ2v) is 5.62. The fraction of sp³-hybridized carbons (Fsp3) is 0.467. The molecule has 10 heteroatoms. The molecule has 1 unspecified atom stereocenters. The number of amides is 2. The second-order valence-electron chi connectivity index (χ2n) is 5.62. The minimum atomic E-state index is -5.00. The molecule has 0 saturated carbocycles. The van der Waals surface area contributed by atoms with E-state index in [2.05, 4.69) is 5.32 Å². The number of carbonyl (C=O) groups excluding carboxylic acids is 2. The highest BCUT2D eigenvalue weighted by atomic mass is 19.4. The minimum absolute atomic E-state index is 0.0555. The van der Waals surface area contributed by atoms with Gasteiger partial charge in [0.25, 0.3) is 5.69 Å². The minimum Gasteiger partial charge on any atom is -0.354 e. The van der Waals surface area contributed by atoms with Crippen LogP contribution in [0.3, 0.4) is 0 Å². The number of benzene rings is 1. The van der Waals surface area contributed by atoms with Gasteiger partial charge in [-0.2, -0.15) is 13.2 Å². The van der Waals surface area contributed by atoms with Crippen molar-refractivity contribution in [1.29, 1.82) is 0 Å². The van der Waals surface area contributed by atoms with Gasteiger partial charge in [0.2, 0.25) is 5.91 Å². The largest absolute Gasteiger partial charge is 0.471 e. The van der Waals surface area contributed by atoms with E-state index in [1.54, 1.807) is 12.1 Å². The molecule has 25 heavy (non-hydrogen) atoms. The lowest BCUT2D eigenvalue weighted by atomic mass is 10.1. The quantitative estimate of drug-likeness (QED) is 0.641. The van der Waals surface area contributed by atoms with E-state index in [0.29, 0.717) is 17.7 Å². The van der Waals surface area contributed by atoms with Crippen LogP contribution in [0.25, 0.3) is 0 Å². The third-order valence-corrected chi connectivity index (χ3v) is 3.92. The first-order valence-corrected chi connectivity index (χ1v) is 7.59. The summed E-state index contributed by atoms with van der Waals surface area (Å²) in [6.07, 6.45) is -4.11. The number of alkyl halides is 3. The van der Waals surface area contributed by atoms with Gasteiger partial charge in [0.05, 0.1) is 4.92 Å². The van der Waals surface area contributed by atoms with Crippen LogP contribution in [0.5, 0.6) is 0 Å². The Labute approximate surface area is 140 Å². The summed E-state index contributed by atoms with van der Waals surface area (Å²) in [6, 6.07) is 4.62. The van der Waals surface area contributed by atoms with Crippen molar-refractivity contribution in [2.75, 3.05) is 13.1 Å². The van der Waals surface area contributed by atoms with Crippen molar-refractivity contribution in [2.45, 2.75) is 31.5 Å². The molecule has 1 N–H and O–H groups in total. The third kappa shape index (κ3) is 4.68. The average Bonchev–Trinajstić information content (AvgIpc) is 3.03. The normalized spacial score (nSPS) is 17.4. The molecule has 1 saturated heterocycles. The van der Waals surface area contributed by atoms with E-state index in [1.807, 2.05) is 0 Å². The molecule has 1 fully saturated rings. The standard InChI is InChI=1S/C15H16F3N3O4/c16-15(17,18)14(23)20-9-1-2-12(20)13(22)19-8-7-10-3-5-11(6-4-10)21(24)25/h3-6,12H,1-2,7-9H2,(H,19,22). The number of rotatable bonds is 5. The summed E-state index contributed by atoms with van der Waals surface area (Å²) in [5, 5.41) is 13.1. The Morgan fingerprint density at radius 3 is 2.48 bits per heavy atom. The maximum atomic E-state index is 12.5. The molecule has 0 radical (unpaired) electrons. The van der Waals surface area contributed by atoms with Gasteiger partial charge in [-0.05, 0) is 24.8 Å². The van der Waals surface area contributed by atoms with Crippen LogP contribution in [0.1, 0.15) is 18.4 Å². The summed E-state index contributed by atoms with van der Waals surface area (Å²) in [5.74, 6) is -2.63. The molecule has 2 rings (SSSR count). The zero-order chi connectivity index (χ0) is 18.6. The first-order chi connectivity index (χ1) is 11.7. The van der Waals surface area contributed by atoms with Gasteiger partial charge in [-0.3, -0.25) is 19.7 Å². The topological polar surface area (TPSA) is 92.5 Å². The Morgan fingerprint density at radius 1 is 1.28 bits per heavy atom. The van der Waals surface area contributed by atoms with Gasteiger partial charge in [0.1, 0.15) is 6.04 Å². The van der Waals surface area contributed by atoms with Gasteiger partial charge < -0.3 is 10.2 Å². The highest BCUT2D eigenvalue weighted by molar-refractivity contribution is 5.90. The second kappa shape index (κ2) is 7.49. The van der Waals surface area contributed by atoms with E-state index in [1.165, 1.54) is 12.1 Å². The Hall–Kier alpha value is -2.65. The molecule has 136 valence electrons. The number of hydrogen-bond donors (Lipinski definition) is 1.